The maximum Gasteiger partial charge on any atom is 0.496 e. The topological polar surface area (TPSA) is 64.6 Å². The lowest BCUT2D eigenvalue weighted by Crippen LogP contribution is -2.41. The number of rotatable bonds is 3. The molecule has 1 amide bonds. The molecule has 1 fully saturated rings. The van der Waals surface area contributed by atoms with Crippen molar-refractivity contribution in [2.75, 3.05) is 5.32 Å². The van der Waals surface area contributed by atoms with E-state index in [-0.39, 0.29) is 5.69 Å². The molecule has 2 rings (SSSR count). The number of carbonyl (C=O) groups is 2. The molecule has 0 spiro atoms. The van der Waals surface area contributed by atoms with Crippen molar-refractivity contribution < 1.29 is 32.1 Å². The Labute approximate surface area is 144 Å². The molecular weight excluding hydrogens is 338 g/mol. The molecule has 0 saturated carbocycles. The van der Waals surface area contributed by atoms with Gasteiger partial charge in [0.2, 0.25) is 5.91 Å². The highest BCUT2D eigenvalue weighted by atomic mass is 19.4. The molecule has 1 heterocycles. The first-order valence-corrected chi connectivity index (χ1v) is 7.63. The van der Waals surface area contributed by atoms with Crippen LogP contribution in [0.15, 0.2) is 18.2 Å². The number of amides is 1. The van der Waals surface area contributed by atoms with Gasteiger partial charge in [-0.2, -0.15) is 13.2 Å². The Balaban J connectivity index is 2.45. The van der Waals surface area contributed by atoms with Crippen LogP contribution in [0.2, 0.25) is 0 Å². The number of anilines is 1. The first-order chi connectivity index (χ1) is 11.2. The van der Waals surface area contributed by atoms with Gasteiger partial charge in [-0.15, -0.1) is 0 Å². The fourth-order valence-corrected chi connectivity index (χ4v) is 2.33. The van der Waals surface area contributed by atoms with Gasteiger partial charge in [-0.25, -0.2) is 0 Å². The molecule has 1 aromatic carbocycles. The van der Waals surface area contributed by atoms with Crippen LogP contribution in [0.5, 0.6) is 0 Å². The predicted octanol–water partition coefficient (Wildman–Crippen LogP) is 2.69. The van der Waals surface area contributed by atoms with Crippen LogP contribution in [0, 0.1) is 0 Å². The Morgan fingerprint density at radius 1 is 1.08 bits per heavy atom. The zero-order chi connectivity index (χ0) is 19.2. The van der Waals surface area contributed by atoms with E-state index < -0.39 is 41.8 Å². The smallest absolute Gasteiger partial charge is 0.399 e. The van der Waals surface area contributed by atoms with Crippen molar-refractivity contribution in [1.29, 1.82) is 0 Å². The standard InChI is InChI=1S/C16H19BF3NO4/c1-9(22)21-12-8-10(13(23)16(18,19)20)6-7-11(12)17-24-14(2,3)15(4,5)25-17/h6-8H,1-5H3,(H,21,22). The van der Waals surface area contributed by atoms with Gasteiger partial charge in [-0.1, -0.05) is 12.1 Å². The quantitative estimate of drug-likeness (QED) is 0.667. The van der Waals surface area contributed by atoms with Crippen LogP contribution >= 0.6 is 0 Å². The predicted molar refractivity (Wildman–Crippen MR) is 86.8 cm³/mol. The molecule has 25 heavy (non-hydrogen) atoms. The van der Waals surface area contributed by atoms with Crippen LogP contribution in [-0.4, -0.2) is 36.2 Å². The van der Waals surface area contributed by atoms with E-state index in [9.17, 15) is 22.8 Å². The lowest BCUT2D eigenvalue weighted by molar-refractivity contribution is -0.114. The van der Waals surface area contributed by atoms with Crippen LogP contribution in [-0.2, 0) is 14.1 Å². The Kier molecular flexibility index (Phi) is 4.78. The molecule has 0 atom stereocenters. The Morgan fingerprint density at radius 2 is 1.60 bits per heavy atom. The number of hydrogen-bond donors (Lipinski definition) is 1. The number of alkyl halides is 3. The van der Waals surface area contributed by atoms with E-state index in [2.05, 4.69) is 5.32 Å². The molecule has 1 aromatic rings. The van der Waals surface area contributed by atoms with Crippen LogP contribution < -0.4 is 10.8 Å². The van der Waals surface area contributed by atoms with Crippen LogP contribution in [0.3, 0.4) is 0 Å². The minimum atomic E-state index is -5.00. The Hall–Kier alpha value is -1.87. The van der Waals surface area contributed by atoms with E-state index in [0.29, 0.717) is 5.46 Å². The summed E-state index contributed by atoms with van der Waals surface area (Å²) in [5.74, 6) is -2.48. The largest absolute Gasteiger partial charge is 0.496 e. The second-order valence-electron chi connectivity index (χ2n) is 6.90. The van der Waals surface area contributed by atoms with Gasteiger partial charge >= 0.3 is 13.3 Å². The van der Waals surface area contributed by atoms with Gasteiger partial charge in [0.1, 0.15) is 0 Å². The van der Waals surface area contributed by atoms with Gasteiger partial charge in [-0.3, -0.25) is 9.59 Å². The van der Waals surface area contributed by atoms with Gasteiger partial charge < -0.3 is 14.6 Å². The minimum absolute atomic E-state index is 0.0427. The summed E-state index contributed by atoms with van der Waals surface area (Å²) >= 11 is 0. The molecule has 0 radical (unpaired) electrons. The molecule has 0 unspecified atom stereocenters. The molecule has 1 saturated heterocycles. The molecule has 0 aliphatic carbocycles. The average molecular weight is 357 g/mol. The highest BCUT2D eigenvalue weighted by Gasteiger charge is 2.52. The Morgan fingerprint density at radius 3 is 2.04 bits per heavy atom. The molecule has 5 nitrogen and oxygen atoms in total. The number of ketones is 1. The van der Waals surface area contributed by atoms with Crippen molar-refractivity contribution >= 4 is 30.0 Å². The summed E-state index contributed by atoms with van der Waals surface area (Å²) in [5, 5.41) is 2.43. The summed E-state index contributed by atoms with van der Waals surface area (Å²) in [6.07, 6.45) is -5.00. The first kappa shape index (κ1) is 19.5. The van der Waals surface area contributed by atoms with Gasteiger partial charge in [-0.05, 0) is 33.8 Å². The normalized spacial score (nSPS) is 19.0. The summed E-state index contributed by atoms with van der Waals surface area (Å²) < 4.78 is 49.7. The zero-order valence-corrected chi connectivity index (χ0v) is 14.6. The maximum atomic E-state index is 12.6. The minimum Gasteiger partial charge on any atom is -0.399 e. The van der Waals surface area contributed by atoms with Gasteiger partial charge in [0.05, 0.1) is 11.2 Å². The number of benzene rings is 1. The third-order valence-electron chi connectivity index (χ3n) is 4.39. The highest BCUT2D eigenvalue weighted by Crippen LogP contribution is 2.37. The van der Waals surface area contributed by atoms with Crippen molar-refractivity contribution in [1.82, 2.24) is 0 Å². The summed E-state index contributed by atoms with van der Waals surface area (Å²) in [7, 11) is -0.887. The SMILES string of the molecule is CC(=O)Nc1cc(C(=O)C(F)(F)F)ccc1B1OC(C)(C)C(C)(C)O1. The first-order valence-electron chi connectivity index (χ1n) is 7.63. The number of nitrogens with one attached hydrogen (secondary N) is 1. The Bertz CT molecular complexity index is 700. The average Bonchev–Trinajstić information content (AvgIpc) is 2.64. The molecular formula is C16H19BF3NO4. The van der Waals surface area contributed by atoms with E-state index >= 15 is 0 Å². The number of hydrogen-bond acceptors (Lipinski definition) is 4. The second-order valence-corrected chi connectivity index (χ2v) is 6.90. The number of Topliss-reactive ketones (excluding diaryl/α,β-unsaturated/α-hetero) is 1. The molecule has 136 valence electrons. The highest BCUT2D eigenvalue weighted by molar-refractivity contribution is 6.64. The molecule has 1 aliphatic heterocycles. The molecule has 1 aliphatic rings. The summed E-state index contributed by atoms with van der Waals surface area (Å²) in [5.41, 5.74) is -1.51. The van der Waals surface area contributed by atoms with E-state index in [0.717, 1.165) is 12.1 Å². The summed E-state index contributed by atoms with van der Waals surface area (Å²) in [4.78, 5) is 22.9. The summed E-state index contributed by atoms with van der Waals surface area (Å²) in [6, 6.07) is 3.32. The zero-order valence-electron chi connectivity index (χ0n) is 14.6. The third-order valence-corrected chi connectivity index (χ3v) is 4.39. The van der Waals surface area contributed by atoms with E-state index in [4.69, 9.17) is 9.31 Å². The van der Waals surface area contributed by atoms with Crippen LogP contribution in [0.25, 0.3) is 0 Å². The van der Waals surface area contributed by atoms with Crippen molar-refractivity contribution in [2.24, 2.45) is 0 Å². The van der Waals surface area contributed by atoms with Crippen molar-refractivity contribution in [3.8, 4) is 0 Å². The monoisotopic (exact) mass is 357 g/mol. The lowest BCUT2D eigenvalue weighted by atomic mass is 9.77. The van der Waals surface area contributed by atoms with Crippen LogP contribution in [0.1, 0.15) is 45.0 Å². The second kappa shape index (κ2) is 6.14. The third kappa shape index (κ3) is 3.87. The van der Waals surface area contributed by atoms with Crippen molar-refractivity contribution in [3.05, 3.63) is 23.8 Å². The van der Waals surface area contributed by atoms with E-state index in [1.165, 1.54) is 13.0 Å². The van der Waals surface area contributed by atoms with Crippen molar-refractivity contribution in [3.63, 3.8) is 0 Å². The van der Waals surface area contributed by atoms with Gasteiger partial charge in [0, 0.05) is 23.6 Å². The van der Waals surface area contributed by atoms with Crippen LogP contribution in [0.4, 0.5) is 18.9 Å². The fraction of sp³-hybridized carbons (Fsp3) is 0.500. The fourth-order valence-electron chi connectivity index (χ4n) is 2.33. The number of carbonyl (C=O) groups excluding carboxylic acids is 2. The van der Waals surface area contributed by atoms with E-state index in [1.807, 2.05) is 27.7 Å². The number of halogens is 3. The van der Waals surface area contributed by atoms with Gasteiger partial charge in [0.15, 0.2) is 0 Å². The maximum absolute atomic E-state index is 12.6. The molecule has 1 N–H and O–H groups in total. The molecule has 0 aromatic heterocycles. The molecule has 0 bridgehead atoms. The summed E-state index contributed by atoms with van der Waals surface area (Å²) in [6.45, 7) is 8.52. The van der Waals surface area contributed by atoms with E-state index in [1.54, 1.807) is 0 Å². The molecule has 9 heteroatoms. The lowest BCUT2D eigenvalue weighted by Gasteiger charge is -2.32. The van der Waals surface area contributed by atoms with Gasteiger partial charge in [0.25, 0.3) is 5.78 Å². The van der Waals surface area contributed by atoms with Crippen molar-refractivity contribution in [2.45, 2.75) is 52.0 Å².